The van der Waals surface area contributed by atoms with Gasteiger partial charge in [0, 0.05) is 5.69 Å². The third-order valence-corrected chi connectivity index (χ3v) is 2.32. The summed E-state index contributed by atoms with van der Waals surface area (Å²) in [6, 6.07) is 2.14. The summed E-state index contributed by atoms with van der Waals surface area (Å²) in [5.41, 5.74) is 2.38. The zero-order chi connectivity index (χ0) is 11.1. The number of aliphatic hydroxyl groups excluding tert-OH is 1. The molecule has 0 spiro atoms. The molecule has 0 aromatic carbocycles. The summed E-state index contributed by atoms with van der Waals surface area (Å²) in [6.07, 6.45) is 1.96. The average molecular weight is 212 g/mol. The molecule has 0 bridgehead atoms. The Morgan fingerprint density at radius 2 is 2.13 bits per heavy atom. The van der Waals surface area contributed by atoms with Gasteiger partial charge in [0.05, 0.1) is 32.1 Å². The van der Waals surface area contributed by atoms with Crippen LogP contribution in [0.5, 0.6) is 0 Å². The van der Waals surface area contributed by atoms with Crippen molar-refractivity contribution >= 4 is 0 Å². The van der Waals surface area contributed by atoms with Crippen LogP contribution in [0, 0.1) is 0 Å². The van der Waals surface area contributed by atoms with Gasteiger partial charge in [0.25, 0.3) is 0 Å². The zero-order valence-electron chi connectivity index (χ0n) is 9.57. The molecule has 0 radical (unpaired) electrons. The van der Waals surface area contributed by atoms with Crippen LogP contribution < -0.4 is 0 Å². The average Bonchev–Trinajstić information content (AvgIpc) is 2.67. The van der Waals surface area contributed by atoms with E-state index in [9.17, 15) is 0 Å². The van der Waals surface area contributed by atoms with Crippen molar-refractivity contribution in [1.29, 1.82) is 0 Å². The van der Waals surface area contributed by atoms with Crippen LogP contribution in [0.15, 0.2) is 6.07 Å². The van der Waals surface area contributed by atoms with Gasteiger partial charge in [-0.2, -0.15) is 5.10 Å². The number of hydrogen-bond acceptors (Lipinski definition) is 3. The highest BCUT2D eigenvalue weighted by Gasteiger charge is 2.04. The molecule has 0 saturated carbocycles. The fourth-order valence-corrected chi connectivity index (χ4v) is 1.48. The molecule has 1 N–H and O–H groups in total. The maximum atomic E-state index is 8.56. The normalized spacial score (nSPS) is 10.9. The molecule has 1 aromatic rings. The highest BCUT2D eigenvalue weighted by Crippen LogP contribution is 2.06. The van der Waals surface area contributed by atoms with E-state index < -0.39 is 0 Å². The fraction of sp³-hybridized carbons (Fsp3) is 0.727. The van der Waals surface area contributed by atoms with Crippen molar-refractivity contribution in [3.8, 4) is 0 Å². The van der Waals surface area contributed by atoms with Crippen LogP contribution in [0.1, 0.15) is 25.2 Å². The van der Waals surface area contributed by atoms with Crippen LogP contribution in [0.25, 0.3) is 0 Å². The van der Waals surface area contributed by atoms with Gasteiger partial charge < -0.3 is 9.84 Å². The number of aryl methyl sites for hydroxylation is 2. The standard InChI is InChI=1S/C11H20N2O2/c1-3-10-9-11(4-2)13(12-10)5-7-15-8-6-14/h9,14H,3-8H2,1-2H3. The van der Waals surface area contributed by atoms with Gasteiger partial charge in [0.1, 0.15) is 0 Å². The molecule has 0 fully saturated rings. The molecule has 0 aliphatic carbocycles. The van der Waals surface area contributed by atoms with Crippen molar-refractivity contribution in [2.45, 2.75) is 33.2 Å². The van der Waals surface area contributed by atoms with Crippen molar-refractivity contribution in [3.63, 3.8) is 0 Å². The summed E-state index contributed by atoms with van der Waals surface area (Å²) in [4.78, 5) is 0. The molecule has 1 aromatic heterocycles. The maximum Gasteiger partial charge on any atom is 0.0698 e. The van der Waals surface area contributed by atoms with Crippen LogP contribution in [0.3, 0.4) is 0 Å². The maximum absolute atomic E-state index is 8.56. The quantitative estimate of drug-likeness (QED) is 0.686. The Kier molecular flexibility index (Phi) is 5.36. The van der Waals surface area contributed by atoms with Crippen molar-refractivity contribution in [1.82, 2.24) is 9.78 Å². The molecule has 4 nitrogen and oxygen atoms in total. The molecule has 0 aliphatic heterocycles. The Labute approximate surface area is 90.9 Å². The van der Waals surface area contributed by atoms with Gasteiger partial charge in [-0.05, 0) is 18.9 Å². The first-order chi connectivity index (χ1) is 7.31. The van der Waals surface area contributed by atoms with Crippen LogP contribution >= 0.6 is 0 Å². The minimum absolute atomic E-state index is 0.0833. The molecule has 4 heteroatoms. The van der Waals surface area contributed by atoms with E-state index in [2.05, 4.69) is 25.0 Å². The smallest absolute Gasteiger partial charge is 0.0698 e. The Morgan fingerprint density at radius 3 is 2.73 bits per heavy atom. The lowest BCUT2D eigenvalue weighted by Gasteiger charge is -2.05. The Morgan fingerprint density at radius 1 is 1.33 bits per heavy atom. The molecule has 0 amide bonds. The van der Waals surface area contributed by atoms with E-state index in [0.717, 1.165) is 25.1 Å². The van der Waals surface area contributed by atoms with Crippen LogP contribution in [0.4, 0.5) is 0 Å². The van der Waals surface area contributed by atoms with Gasteiger partial charge in [-0.1, -0.05) is 13.8 Å². The van der Waals surface area contributed by atoms with Crippen molar-refractivity contribution < 1.29 is 9.84 Å². The van der Waals surface area contributed by atoms with E-state index in [4.69, 9.17) is 9.84 Å². The molecule has 15 heavy (non-hydrogen) atoms. The second kappa shape index (κ2) is 6.58. The van der Waals surface area contributed by atoms with Crippen LogP contribution in [0.2, 0.25) is 0 Å². The number of ether oxygens (including phenoxy) is 1. The lowest BCUT2D eigenvalue weighted by atomic mass is 10.3. The van der Waals surface area contributed by atoms with Gasteiger partial charge in [-0.3, -0.25) is 4.68 Å². The van der Waals surface area contributed by atoms with Gasteiger partial charge in [-0.15, -0.1) is 0 Å². The Hall–Kier alpha value is -0.870. The first-order valence-electron chi connectivity index (χ1n) is 5.56. The summed E-state index contributed by atoms with van der Waals surface area (Å²) >= 11 is 0. The molecule has 86 valence electrons. The number of aliphatic hydroxyl groups is 1. The monoisotopic (exact) mass is 212 g/mol. The highest BCUT2D eigenvalue weighted by atomic mass is 16.5. The second-order valence-corrected chi connectivity index (χ2v) is 3.39. The zero-order valence-corrected chi connectivity index (χ0v) is 9.57. The summed E-state index contributed by atoms with van der Waals surface area (Å²) in [6.45, 7) is 6.10. The minimum atomic E-state index is 0.0833. The lowest BCUT2D eigenvalue weighted by Crippen LogP contribution is -2.11. The van der Waals surface area contributed by atoms with Gasteiger partial charge in [-0.25, -0.2) is 0 Å². The lowest BCUT2D eigenvalue weighted by molar-refractivity contribution is 0.0849. The van der Waals surface area contributed by atoms with E-state index in [0.29, 0.717) is 13.2 Å². The molecule has 0 aliphatic rings. The largest absolute Gasteiger partial charge is 0.394 e. The third kappa shape index (κ3) is 3.64. The van der Waals surface area contributed by atoms with E-state index >= 15 is 0 Å². The molecule has 1 rings (SSSR count). The summed E-state index contributed by atoms with van der Waals surface area (Å²) < 4.78 is 7.21. The summed E-state index contributed by atoms with van der Waals surface area (Å²) in [7, 11) is 0. The first kappa shape index (κ1) is 12.2. The summed E-state index contributed by atoms with van der Waals surface area (Å²) in [5, 5.41) is 13.0. The first-order valence-corrected chi connectivity index (χ1v) is 5.56. The predicted molar refractivity (Wildman–Crippen MR) is 58.9 cm³/mol. The van der Waals surface area contributed by atoms with E-state index in [1.807, 2.05) is 4.68 Å². The second-order valence-electron chi connectivity index (χ2n) is 3.39. The topological polar surface area (TPSA) is 47.3 Å². The van der Waals surface area contributed by atoms with Gasteiger partial charge in [0.2, 0.25) is 0 Å². The Balaban J connectivity index is 2.47. The van der Waals surface area contributed by atoms with Crippen LogP contribution in [-0.2, 0) is 24.1 Å². The van der Waals surface area contributed by atoms with E-state index in [1.165, 1.54) is 5.69 Å². The highest BCUT2D eigenvalue weighted by molar-refractivity contribution is 5.10. The Bertz CT molecular complexity index is 284. The molecule has 0 atom stereocenters. The van der Waals surface area contributed by atoms with Crippen molar-refractivity contribution in [2.75, 3.05) is 19.8 Å². The number of rotatable bonds is 7. The van der Waals surface area contributed by atoms with Gasteiger partial charge >= 0.3 is 0 Å². The molecule has 1 heterocycles. The minimum Gasteiger partial charge on any atom is -0.394 e. The SMILES string of the molecule is CCc1cc(CC)n(CCOCCO)n1. The fourth-order valence-electron chi connectivity index (χ4n) is 1.48. The summed E-state index contributed by atoms with van der Waals surface area (Å²) in [5.74, 6) is 0. The predicted octanol–water partition coefficient (Wildman–Crippen LogP) is 1.02. The molecule has 0 saturated heterocycles. The molecular formula is C11H20N2O2. The van der Waals surface area contributed by atoms with Crippen molar-refractivity contribution in [3.05, 3.63) is 17.5 Å². The number of aromatic nitrogens is 2. The van der Waals surface area contributed by atoms with E-state index in [-0.39, 0.29) is 6.61 Å². The van der Waals surface area contributed by atoms with Crippen molar-refractivity contribution in [2.24, 2.45) is 0 Å². The molecular weight excluding hydrogens is 192 g/mol. The van der Waals surface area contributed by atoms with Crippen LogP contribution in [-0.4, -0.2) is 34.7 Å². The molecule has 0 unspecified atom stereocenters. The third-order valence-electron chi connectivity index (χ3n) is 2.32. The van der Waals surface area contributed by atoms with E-state index in [1.54, 1.807) is 0 Å². The number of hydrogen-bond donors (Lipinski definition) is 1. The van der Waals surface area contributed by atoms with Gasteiger partial charge in [0.15, 0.2) is 0 Å². The number of nitrogens with zero attached hydrogens (tertiary/aromatic N) is 2.